The fourth-order valence-electron chi connectivity index (χ4n) is 3.76. The molecule has 3 heterocycles. The van der Waals surface area contributed by atoms with Crippen molar-refractivity contribution in [2.24, 2.45) is 0 Å². The zero-order valence-corrected chi connectivity index (χ0v) is 16.6. The van der Waals surface area contributed by atoms with Gasteiger partial charge in [-0.1, -0.05) is 11.6 Å². The summed E-state index contributed by atoms with van der Waals surface area (Å²) in [5.74, 6) is -0.631. The number of hydrogen-bond donors (Lipinski definition) is 2. The Kier molecular flexibility index (Phi) is 5.74. The SMILES string of the molecule is CC(C)(C)NC(=O)CN1C2CC1CN(CC(=O)Nc1ccc(F)c(Cl)c1)C2. The van der Waals surface area contributed by atoms with Gasteiger partial charge in [0.25, 0.3) is 0 Å². The molecule has 6 nitrogen and oxygen atoms in total. The normalized spacial score (nSPS) is 22.9. The van der Waals surface area contributed by atoms with Crippen molar-refractivity contribution in [1.29, 1.82) is 0 Å². The number of rotatable bonds is 5. The van der Waals surface area contributed by atoms with Crippen LogP contribution in [0.2, 0.25) is 5.02 Å². The molecule has 0 aliphatic carbocycles. The number of amides is 2. The van der Waals surface area contributed by atoms with Crippen LogP contribution in [0, 0.1) is 5.82 Å². The van der Waals surface area contributed by atoms with Gasteiger partial charge in [-0.05, 0) is 45.4 Å². The highest BCUT2D eigenvalue weighted by molar-refractivity contribution is 6.31. The second kappa shape index (κ2) is 7.73. The molecule has 0 radical (unpaired) electrons. The number of piperazine rings is 1. The zero-order chi connectivity index (χ0) is 19.8. The van der Waals surface area contributed by atoms with Gasteiger partial charge < -0.3 is 10.6 Å². The van der Waals surface area contributed by atoms with Gasteiger partial charge in [0.05, 0.1) is 18.1 Å². The highest BCUT2D eigenvalue weighted by atomic mass is 35.5. The first kappa shape index (κ1) is 20.0. The second-order valence-electron chi connectivity index (χ2n) is 8.39. The maximum atomic E-state index is 13.2. The first-order valence-electron chi connectivity index (χ1n) is 9.15. The number of carbonyl (C=O) groups is 2. The first-order chi connectivity index (χ1) is 12.6. The van der Waals surface area contributed by atoms with E-state index >= 15 is 0 Å². The first-order valence-corrected chi connectivity index (χ1v) is 9.52. The molecule has 2 atom stereocenters. The standard InChI is InChI=1S/C19H26ClFN4O2/c1-19(2,3)23-18(27)11-25-13-7-14(25)9-24(8-13)10-17(26)22-12-4-5-16(21)15(20)6-12/h4-6,13-14H,7-11H2,1-3H3,(H,22,26)(H,23,27). The van der Waals surface area contributed by atoms with Crippen molar-refractivity contribution in [3.05, 3.63) is 29.0 Å². The van der Waals surface area contributed by atoms with Gasteiger partial charge in [-0.25, -0.2) is 4.39 Å². The Hall–Kier alpha value is -1.70. The number of benzene rings is 1. The van der Waals surface area contributed by atoms with E-state index in [0.717, 1.165) is 19.5 Å². The average molecular weight is 397 g/mol. The Morgan fingerprint density at radius 1 is 1.19 bits per heavy atom. The molecule has 2 bridgehead atoms. The molecule has 3 fully saturated rings. The van der Waals surface area contributed by atoms with Crippen LogP contribution in [0.3, 0.4) is 0 Å². The Bertz CT molecular complexity index is 725. The smallest absolute Gasteiger partial charge is 0.238 e. The molecule has 1 aromatic rings. The summed E-state index contributed by atoms with van der Waals surface area (Å²) in [5, 5.41) is 5.72. The van der Waals surface area contributed by atoms with Gasteiger partial charge >= 0.3 is 0 Å². The fourth-order valence-corrected chi connectivity index (χ4v) is 3.94. The molecular weight excluding hydrogens is 371 g/mol. The van der Waals surface area contributed by atoms with E-state index in [-0.39, 0.29) is 28.9 Å². The number of fused-ring (bicyclic) bond motifs is 2. The largest absolute Gasteiger partial charge is 0.350 e. The summed E-state index contributed by atoms with van der Waals surface area (Å²) >= 11 is 5.74. The van der Waals surface area contributed by atoms with Gasteiger partial charge in [0.15, 0.2) is 0 Å². The van der Waals surface area contributed by atoms with Gasteiger partial charge in [-0.15, -0.1) is 0 Å². The zero-order valence-electron chi connectivity index (χ0n) is 15.9. The maximum Gasteiger partial charge on any atom is 0.238 e. The van der Waals surface area contributed by atoms with E-state index in [0.29, 0.717) is 24.3 Å². The molecule has 2 amide bonds. The van der Waals surface area contributed by atoms with Crippen molar-refractivity contribution in [1.82, 2.24) is 15.1 Å². The lowest BCUT2D eigenvalue weighted by Crippen LogP contribution is -2.70. The third-order valence-electron chi connectivity index (χ3n) is 4.83. The topological polar surface area (TPSA) is 64.7 Å². The summed E-state index contributed by atoms with van der Waals surface area (Å²) < 4.78 is 13.2. The molecule has 148 valence electrons. The highest BCUT2D eigenvalue weighted by Crippen LogP contribution is 2.31. The van der Waals surface area contributed by atoms with E-state index < -0.39 is 5.82 Å². The lowest BCUT2D eigenvalue weighted by Gasteiger charge is -2.56. The minimum absolute atomic E-state index is 0.0174. The number of halogens is 2. The van der Waals surface area contributed by atoms with Crippen molar-refractivity contribution in [3.8, 4) is 0 Å². The van der Waals surface area contributed by atoms with Crippen LogP contribution >= 0.6 is 11.6 Å². The van der Waals surface area contributed by atoms with Crippen molar-refractivity contribution >= 4 is 29.1 Å². The summed E-state index contributed by atoms with van der Waals surface area (Å²) in [5.41, 5.74) is 0.249. The Labute approximate surface area is 164 Å². The van der Waals surface area contributed by atoms with E-state index in [9.17, 15) is 14.0 Å². The summed E-state index contributed by atoms with van der Waals surface area (Å²) in [6.45, 7) is 8.10. The van der Waals surface area contributed by atoms with E-state index in [1.54, 1.807) is 0 Å². The number of nitrogens with one attached hydrogen (secondary N) is 2. The van der Waals surface area contributed by atoms with Crippen LogP contribution < -0.4 is 10.6 Å². The molecule has 3 saturated heterocycles. The summed E-state index contributed by atoms with van der Waals surface area (Å²) in [7, 11) is 0. The van der Waals surface area contributed by atoms with E-state index in [4.69, 9.17) is 11.6 Å². The third-order valence-corrected chi connectivity index (χ3v) is 5.12. The second-order valence-corrected chi connectivity index (χ2v) is 8.79. The molecular formula is C19H26ClFN4O2. The quantitative estimate of drug-likeness (QED) is 0.800. The van der Waals surface area contributed by atoms with Crippen LogP contribution in [0.4, 0.5) is 10.1 Å². The predicted molar refractivity (Wildman–Crippen MR) is 103 cm³/mol. The Balaban J connectivity index is 1.46. The lowest BCUT2D eigenvalue weighted by atomic mass is 9.87. The highest BCUT2D eigenvalue weighted by Gasteiger charge is 2.45. The molecule has 27 heavy (non-hydrogen) atoms. The molecule has 2 N–H and O–H groups in total. The van der Waals surface area contributed by atoms with Crippen LogP contribution in [0.5, 0.6) is 0 Å². The van der Waals surface area contributed by atoms with Gasteiger partial charge in [-0.2, -0.15) is 0 Å². The van der Waals surface area contributed by atoms with Crippen molar-refractivity contribution in [2.75, 3.05) is 31.5 Å². The minimum atomic E-state index is -0.513. The number of anilines is 1. The number of carbonyl (C=O) groups excluding carboxylic acids is 2. The Morgan fingerprint density at radius 2 is 1.85 bits per heavy atom. The molecule has 2 unspecified atom stereocenters. The van der Waals surface area contributed by atoms with Gasteiger partial charge in [0.2, 0.25) is 11.8 Å². The summed E-state index contributed by atoms with van der Waals surface area (Å²) in [6, 6.07) is 4.74. The summed E-state index contributed by atoms with van der Waals surface area (Å²) in [4.78, 5) is 28.7. The minimum Gasteiger partial charge on any atom is -0.350 e. The molecule has 3 aliphatic heterocycles. The van der Waals surface area contributed by atoms with Crippen molar-refractivity contribution in [3.63, 3.8) is 0 Å². The number of hydrogen-bond acceptors (Lipinski definition) is 4. The molecule has 0 aromatic heterocycles. The maximum absolute atomic E-state index is 13.2. The Morgan fingerprint density at radius 3 is 2.44 bits per heavy atom. The van der Waals surface area contributed by atoms with Crippen molar-refractivity contribution in [2.45, 2.75) is 44.8 Å². The van der Waals surface area contributed by atoms with E-state index in [2.05, 4.69) is 20.4 Å². The van der Waals surface area contributed by atoms with Gasteiger partial charge in [0.1, 0.15) is 5.82 Å². The average Bonchev–Trinajstić information content (AvgIpc) is 2.54. The number of piperidine rings is 1. The molecule has 0 spiro atoms. The molecule has 1 aromatic carbocycles. The number of nitrogens with zero attached hydrogens (tertiary/aromatic N) is 2. The lowest BCUT2D eigenvalue weighted by molar-refractivity contribution is -0.134. The fraction of sp³-hybridized carbons (Fsp3) is 0.579. The van der Waals surface area contributed by atoms with E-state index in [1.165, 1.54) is 18.2 Å². The van der Waals surface area contributed by atoms with Crippen molar-refractivity contribution < 1.29 is 14.0 Å². The van der Waals surface area contributed by atoms with E-state index in [1.807, 2.05) is 20.8 Å². The van der Waals surface area contributed by atoms with Crippen LogP contribution in [0.1, 0.15) is 27.2 Å². The monoisotopic (exact) mass is 396 g/mol. The van der Waals surface area contributed by atoms with Gasteiger partial charge in [0, 0.05) is 36.4 Å². The van der Waals surface area contributed by atoms with Crippen LogP contribution in [0.25, 0.3) is 0 Å². The van der Waals surface area contributed by atoms with Crippen LogP contribution in [-0.4, -0.2) is 65.4 Å². The molecule has 4 rings (SSSR count). The predicted octanol–water partition coefficient (Wildman–Crippen LogP) is 2.09. The molecule has 0 saturated carbocycles. The molecule has 3 aliphatic rings. The molecule has 8 heteroatoms. The van der Waals surface area contributed by atoms with Gasteiger partial charge in [-0.3, -0.25) is 19.4 Å². The summed E-state index contributed by atoms with van der Waals surface area (Å²) in [6.07, 6.45) is 1.06. The third kappa shape index (κ3) is 5.18. The van der Waals surface area contributed by atoms with Crippen LogP contribution in [0.15, 0.2) is 18.2 Å². The van der Waals surface area contributed by atoms with Crippen LogP contribution in [-0.2, 0) is 9.59 Å².